The number of halogens is 1. The van der Waals surface area contributed by atoms with Gasteiger partial charge in [0.25, 0.3) is 5.91 Å². The number of hydrazone groups is 1. The molecule has 0 saturated heterocycles. The van der Waals surface area contributed by atoms with Crippen LogP contribution in [0.3, 0.4) is 0 Å². The number of carbonyl (C=O) groups is 1. The second-order valence-corrected chi connectivity index (χ2v) is 7.83. The van der Waals surface area contributed by atoms with Crippen molar-refractivity contribution in [2.45, 2.75) is 44.8 Å². The summed E-state index contributed by atoms with van der Waals surface area (Å²) < 4.78 is 6.69. The van der Waals surface area contributed by atoms with Crippen LogP contribution in [0, 0.1) is 0 Å². The first-order valence-electron chi connectivity index (χ1n) is 9.72. The van der Waals surface area contributed by atoms with Crippen molar-refractivity contribution in [1.82, 2.24) is 10.7 Å². The molecule has 1 saturated carbocycles. The zero-order valence-electron chi connectivity index (χ0n) is 15.9. The number of hydrogen-bond acceptors (Lipinski definition) is 4. The van der Waals surface area contributed by atoms with Crippen molar-refractivity contribution in [3.05, 3.63) is 64.1 Å². The summed E-state index contributed by atoms with van der Waals surface area (Å²) in [6.07, 6.45) is 7.74. The van der Waals surface area contributed by atoms with E-state index in [9.17, 15) is 4.79 Å². The lowest BCUT2D eigenvalue weighted by Crippen LogP contribution is -2.38. The Morgan fingerprint density at radius 2 is 1.93 bits per heavy atom. The molecular formula is C22H26BrN3O2. The maximum atomic E-state index is 11.9. The third-order valence-electron chi connectivity index (χ3n) is 4.75. The maximum Gasteiger partial charge on any atom is 0.254 e. The first-order chi connectivity index (χ1) is 13.7. The average molecular weight is 444 g/mol. The van der Waals surface area contributed by atoms with Crippen molar-refractivity contribution in [2.24, 2.45) is 5.10 Å². The lowest BCUT2D eigenvalue weighted by Gasteiger charge is -2.22. The molecule has 1 amide bonds. The Bertz CT molecular complexity index is 790. The van der Waals surface area contributed by atoms with Gasteiger partial charge in [0, 0.05) is 6.04 Å². The van der Waals surface area contributed by atoms with E-state index in [1.54, 1.807) is 6.21 Å². The molecule has 2 aromatic rings. The normalized spacial score (nSPS) is 14.9. The molecule has 2 N–H and O–H groups in total. The van der Waals surface area contributed by atoms with Crippen molar-refractivity contribution in [3.63, 3.8) is 0 Å². The number of hydrogen-bond donors (Lipinski definition) is 2. The zero-order chi connectivity index (χ0) is 19.6. The molecule has 0 spiro atoms. The second kappa shape index (κ2) is 11.0. The van der Waals surface area contributed by atoms with E-state index in [4.69, 9.17) is 4.74 Å². The van der Waals surface area contributed by atoms with Crippen LogP contribution in [-0.2, 0) is 11.4 Å². The van der Waals surface area contributed by atoms with Crippen LogP contribution in [0.4, 0.5) is 0 Å². The third-order valence-corrected chi connectivity index (χ3v) is 5.37. The Kier molecular flexibility index (Phi) is 8.06. The molecule has 1 fully saturated rings. The van der Waals surface area contributed by atoms with Gasteiger partial charge in [0.2, 0.25) is 0 Å². The quantitative estimate of drug-likeness (QED) is 0.469. The van der Waals surface area contributed by atoms with E-state index in [2.05, 4.69) is 31.8 Å². The Balaban J connectivity index is 1.43. The second-order valence-electron chi connectivity index (χ2n) is 6.97. The molecule has 0 aliphatic heterocycles. The minimum Gasteiger partial charge on any atom is -0.488 e. The molecule has 0 bridgehead atoms. The van der Waals surface area contributed by atoms with Gasteiger partial charge in [0.15, 0.2) is 0 Å². The van der Waals surface area contributed by atoms with Crippen molar-refractivity contribution in [1.29, 1.82) is 0 Å². The number of ether oxygens (including phenoxy) is 1. The molecule has 0 aromatic heterocycles. The molecular weight excluding hydrogens is 418 g/mol. The van der Waals surface area contributed by atoms with Crippen LogP contribution in [0.1, 0.15) is 43.2 Å². The lowest BCUT2D eigenvalue weighted by molar-refractivity contribution is -0.120. The highest BCUT2D eigenvalue weighted by molar-refractivity contribution is 9.10. The molecule has 6 heteroatoms. The summed E-state index contributed by atoms with van der Waals surface area (Å²) in [6.45, 7) is 0.814. The number of rotatable bonds is 8. The van der Waals surface area contributed by atoms with Crippen LogP contribution in [-0.4, -0.2) is 24.7 Å². The van der Waals surface area contributed by atoms with Crippen LogP contribution in [0.2, 0.25) is 0 Å². The predicted octanol–water partition coefficient (Wildman–Crippen LogP) is 4.40. The molecule has 28 heavy (non-hydrogen) atoms. The van der Waals surface area contributed by atoms with Crippen LogP contribution in [0.15, 0.2) is 58.1 Å². The molecule has 2 aromatic carbocycles. The van der Waals surface area contributed by atoms with Crippen molar-refractivity contribution in [3.8, 4) is 5.75 Å². The van der Waals surface area contributed by atoms with Crippen LogP contribution < -0.4 is 15.5 Å². The molecule has 0 unspecified atom stereocenters. The van der Waals surface area contributed by atoms with Crippen LogP contribution >= 0.6 is 15.9 Å². The summed E-state index contributed by atoms with van der Waals surface area (Å²) >= 11 is 3.53. The highest BCUT2D eigenvalue weighted by Crippen LogP contribution is 2.26. The molecule has 0 radical (unpaired) electrons. The van der Waals surface area contributed by atoms with Crippen LogP contribution in [0.25, 0.3) is 0 Å². The van der Waals surface area contributed by atoms with E-state index < -0.39 is 0 Å². The number of nitrogens with one attached hydrogen (secondary N) is 2. The summed E-state index contributed by atoms with van der Waals surface area (Å²) in [4.78, 5) is 11.9. The SMILES string of the molecule is O=C(CNC1CCCCC1)N/N=C\c1ccc(OCc2ccccc2)c(Br)c1. The molecule has 148 valence electrons. The summed E-state index contributed by atoms with van der Waals surface area (Å²) in [5.41, 5.74) is 4.56. The number of benzene rings is 2. The van der Waals surface area contributed by atoms with Crippen molar-refractivity contribution < 1.29 is 9.53 Å². The summed E-state index contributed by atoms with van der Waals surface area (Å²) in [6, 6.07) is 16.2. The van der Waals surface area contributed by atoms with Crippen molar-refractivity contribution >= 4 is 28.1 Å². The average Bonchev–Trinajstić information content (AvgIpc) is 2.73. The Labute approximate surface area is 174 Å². The van der Waals surface area contributed by atoms with Gasteiger partial charge in [0.05, 0.1) is 17.2 Å². The largest absolute Gasteiger partial charge is 0.488 e. The van der Waals surface area contributed by atoms with Gasteiger partial charge in [-0.05, 0) is 58.1 Å². The molecule has 1 aliphatic rings. The van der Waals surface area contributed by atoms with Gasteiger partial charge in [-0.3, -0.25) is 4.79 Å². The van der Waals surface area contributed by atoms with Gasteiger partial charge in [0.1, 0.15) is 12.4 Å². The Morgan fingerprint density at radius 3 is 2.68 bits per heavy atom. The summed E-state index contributed by atoms with van der Waals surface area (Å²) in [7, 11) is 0. The molecule has 3 rings (SSSR count). The van der Waals surface area contributed by atoms with Gasteiger partial charge in [-0.25, -0.2) is 5.43 Å². The minimum atomic E-state index is -0.122. The van der Waals surface area contributed by atoms with Gasteiger partial charge in [-0.1, -0.05) is 49.6 Å². The minimum absolute atomic E-state index is 0.122. The van der Waals surface area contributed by atoms with Crippen molar-refractivity contribution in [2.75, 3.05) is 6.54 Å². The van der Waals surface area contributed by atoms with Gasteiger partial charge < -0.3 is 10.1 Å². The van der Waals surface area contributed by atoms with Gasteiger partial charge >= 0.3 is 0 Å². The summed E-state index contributed by atoms with van der Waals surface area (Å²) in [5, 5.41) is 7.35. The Morgan fingerprint density at radius 1 is 1.14 bits per heavy atom. The van der Waals surface area contributed by atoms with E-state index in [1.807, 2.05) is 48.5 Å². The monoisotopic (exact) mass is 443 g/mol. The number of amides is 1. The highest BCUT2D eigenvalue weighted by atomic mass is 79.9. The predicted molar refractivity (Wildman–Crippen MR) is 116 cm³/mol. The number of nitrogens with zero attached hydrogens (tertiary/aromatic N) is 1. The first-order valence-corrected chi connectivity index (χ1v) is 10.5. The molecule has 1 aliphatic carbocycles. The van der Waals surface area contributed by atoms with Gasteiger partial charge in [-0.2, -0.15) is 5.10 Å². The molecule has 0 atom stereocenters. The van der Waals surface area contributed by atoms with E-state index in [0.717, 1.165) is 34.2 Å². The molecule has 0 heterocycles. The Hall–Kier alpha value is -2.18. The fourth-order valence-electron chi connectivity index (χ4n) is 3.21. The molecule has 5 nitrogen and oxygen atoms in total. The topological polar surface area (TPSA) is 62.7 Å². The zero-order valence-corrected chi connectivity index (χ0v) is 17.5. The van der Waals surface area contributed by atoms with Crippen LogP contribution in [0.5, 0.6) is 5.75 Å². The van der Waals surface area contributed by atoms with Gasteiger partial charge in [-0.15, -0.1) is 0 Å². The smallest absolute Gasteiger partial charge is 0.254 e. The van der Waals surface area contributed by atoms with E-state index in [-0.39, 0.29) is 5.91 Å². The number of carbonyl (C=O) groups excluding carboxylic acids is 1. The lowest BCUT2D eigenvalue weighted by atomic mass is 9.95. The maximum absolute atomic E-state index is 11.9. The van der Waals surface area contributed by atoms with E-state index in [0.29, 0.717) is 19.2 Å². The first kappa shape index (κ1) is 20.6. The fourth-order valence-corrected chi connectivity index (χ4v) is 3.72. The highest BCUT2D eigenvalue weighted by Gasteiger charge is 2.13. The third kappa shape index (κ3) is 6.77. The van der Waals surface area contributed by atoms with E-state index in [1.165, 1.54) is 19.3 Å². The summed E-state index contributed by atoms with van der Waals surface area (Å²) in [5.74, 6) is 0.644. The van der Waals surface area contributed by atoms with E-state index >= 15 is 0 Å². The fraction of sp³-hybridized carbons (Fsp3) is 0.364. The standard InChI is InChI=1S/C22H26BrN3O2/c23-20-13-18(11-12-21(20)28-16-17-7-3-1-4-8-17)14-25-26-22(27)15-24-19-9-5-2-6-10-19/h1,3-4,7-8,11-14,19,24H,2,5-6,9-10,15-16H2,(H,26,27)/b25-14-.